The number of allylic oxidation sites excluding steroid dienone is 8. The molecule has 0 fully saturated rings. The molecule has 1 N–H and O–H groups in total. The second-order valence-electron chi connectivity index (χ2n) is 13.2. The molecule has 0 aliphatic heterocycles. The van der Waals surface area contributed by atoms with E-state index in [-0.39, 0.29) is 26.1 Å². The topological polar surface area (TPSA) is 108 Å². The molecule has 10 heteroatoms. The average molecular weight is 699 g/mol. The number of quaternary nitrogens is 1. The normalized spacial score (nSPS) is 14.4. The molecule has 0 heterocycles. The summed E-state index contributed by atoms with van der Waals surface area (Å²) in [4.78, 5) is 34.6. The molecule has 0 aromatic carbocycles. The highest BCUT2D eigenvalue weighted by atomic mass is 31.2. The quantitative estimate of drug-likeness (QED) is 0.0243. The Morgan fingerprint density at radius 1 is 0.667 bits per heavy atom. The minimum atomic E-state index is -4.35. The molecule has 0 amide bonds. The van der Waals surface area contributed by atoms with Crippen LogP contribution in [-0.4, -0.2) is 74.9 Å². The van der Waals surface area contributed by atoms with E-state index in [9.17, 15) is 19.0 Å². The molecule has 48 heavy (non-hydrogen) atoms. The molecule has 2 unspecified atom stereocenters. The van der Waals surface area contributed by atoms with Gasteiger partial charge in [0.15, 0.2) is 6.10 Å². The monoisotopic (exact) mass is 698 g/mol. The Bertz CT molecular complexity index is 970. The van der Waals surface area contributed by atoms with E-state index in [4.69, 9.17) is 18.5 Å². The van der Waals surface area contributed by atoms with Gasteiger partial charge in [0.1, 0.15) is 19.8 Å². The van der Waals surface area contributed by atoms with E-state index < -0.39 is 32.5 Å². The molecule has 0 aliphatic rings. The summed E-state index contributed by atoms with van der Waals surface area (Å²) in [5.74, 6) is -0.842. The number of likely N-dealkylation sites (N-methyl/N-ethyl adjacent to an activating group) is 1. The number of esters is 2. The first-order valence-corrected chi connectivity index (χ1v) is 19.9. The number of carbonyl (C=O) groups is 2. The second kappa shape index (κ2) is 31.0. The fourth-order valence-electron chi connectivity index (χ4n) is 4.47. The molecule has 9 nitrogen and oxygen atoms in total. The van der Waals surface area contributed by atoms with Gasteiger partial charge in [-0.15, -0.1) is 0 Å². The van der Waals surface area contributed by atoms with Crippen LogP contribution in [0.25, 0.3) is 0 Å². The number of hydrogen-bond donors (Lipinski definition) is 1. The van der Waals surface area contributed by atoms with Gasteiger partial charge in [0.25, 0.3) is 0 Å². The van der Waals surface area contributed by atoms with E-state index >= 15 is 0 Å². The van der Waals surface area contributed by atoms with Crippen molar-refractivity contribution in [3.63, 3.8) is 0 Å². The Balaban J connectivity index is 4.17. The van der Waals surface area contributed by atoms with Gasteiger partial charge in [0.05, 0.1) is 27.7 Å². The number of nitrogens with zero attached hydrogens (tertiary/aromatic N) is 1. The lowest BCUT2D eigenvalue weighted by Gasteiger charge is -2.24. The maximum atomic E-state index is 12.5. The van der Waals surface area contributed by atoms with Crippen molar-refractivity contribution in [1.29, 1.82) is 0 Å². The van der Waals surface area contributed by atoms with Crippen LogP contribution in [0.5, 0.6) is 0 Å². The van der Waals surface area contributed by atoms with Crippen molar-refractivity contribution in [2.24, 2.45) is 0 Å². The summed E-state index contributed by atoms with van der Waals surface area (Å²) >= 11 is 0. The van der Waals surface area contributed by atoms with Crippen LogP contribution < -0.4 is 0 Å². The zero-order valence-electron chi connectivity index (χ0n) is 31.0. The number of unbranched alkanes of at least 4 members (excludes halogenated alkanes) is 10. The predicted molar refractivity (Wildman–Crippen MR) is 196 cm³/mol. The summed E-state index contributed by atoms with van der Waals surface area (Å²) < 4.78 is 33.8. The lowest BCUT2D eigenvalue weighted by molar-refractivity contribution is -0.870. The van der Waals surface area contributed by atoms with E-state index in [0.717, 1.165) is 64.2 Å². The maximum absolute atomic E-state index is 12.5. The van der Waals surface area contributed by atoms with Crippen molar-refractivity contribution in [1.82, 2.24) is 0 Å². The molecule has 0 bridgehead atoms. The first-order valence-electron chi connectivity index (χ1n) is 18.4. The van der Waals surface area contributed by atoms with E-state index in [1.807, 2.05) is 28.1 Å². The predicted octanol–water partition coefficient (Wildman–Crippen LogP) is 9.57. The Kier molecular flexibility index (Phi) is 29.7. The first-order chi connectivity index (χ1) is 23.0. The maximum Gasteiger partial charge on any atom is 0.472 e. The minimum absolute atomic E-state index is 0.0280. The Morgan fingerprint density at radius 2 is 1.19 bits per heavy atom. The molecular formula is C38H69NO8P+. The van der Waals surface area contributed by atoms with Gasteiger partial charge in [0.2, 0.25) is 0 Å². The van der Waals surface area contributed by atoms with Crippen LogP contribution in [-0.2, 0) is 32.7 Å². The van der Waals surface area contributed by atoms with Crippen molar-refractivity contribution in [3.05, 3.63) is 48.6 Å². The number of phosphoric acid groups is 1. The first kappa shape index (κ1) is 46.0. The molecular weight excluding hydrogens is 629 g/mol. The highest BCUT2D eigenvalue weighted by Gasteiger charge is 2.27. The number of carbonyl (C=O) groups excluding carboxylic acids is 2. The molecule has 0 radical (unpaired) electrons. The van der Waals surface area contributed by atoms with Crippen LogP contribution in [0.4, 0.5) is 0 Å². The van der Waals surface area contributed by atoms with Gasteiger partial charge in [-0.05, 0) is 51.4 Å². The van der Waals surface area contributed by atoms with Gasteiger partial charge in [0, 0.05) is 12.8 Å². The second-order valence-corrected chi connectivity index (χ2v) is 14.7. The number of hydrogen-bond acceptors (Lipinski definition) is 7. The highest BCUT2D eigenvalue weighted by Crippen LogP contribution is 2.43. The zero-order chi connectivity index (χ0) is 35.8. The Hall–Kier alpha value is -2.03. The third-order valence-corrected chi connectivity index (χ3v) is 8.36. The van der Waals surface area contributed by atoms with Crippen molar-refractivity contribution in [2.75, 3.05) is 47.5 Å². The Labute approximate surface area is 293 Å². The minimum Gasteiger partial charge on any atom is -0.462 e. The molecule has 0 aromatic heterocycles. The van der Waals surface area contributed by atoms with Crippen LogP contribution >= 0.6 is 7.82 Å². The lowest BCUT2D eigenvalue weighted by atomic mass is 10.1. The van der Waals surface area contributed by atoms with Crippen LogP contribution in [0.1, 0.15) is 129 Å². The van der Waals surface area contributed by atoms with Gasteiger partial charge in [-0.3, -0.25) is 18.6 Å². The van der Waals surface area contributed by atoms with Crippen LogP contribution in [0.3, 0.4) is 0 Å². The van der Waals surface area contributed by atoms with Crippen LogP contribution in [0.2, 0.25) is 0 Å². The van der Waals surface area contributed by atoms with Crippen LogP contribution in [0, 0.1) is 0 Å². The molecule has 0 aliphatic carbocycles. The molecule has 0 saturated heterocycles. The van der Waals surface area contributed by atoms with E-state index in [2.05, 4.69) is 55.5 Å². The standard InChI is InChI=1S/C38H68NO8P/c1-6-8-10-11-12-13-14-15-16-17-18-19-20-21-22-23-24-25-26-27-29-31-38(41)47-36(34-44-37(40)30-28-9-7-2)35-46-48(42,43)45-33-32-39(3,4)5/h8,10,12-13,15-16,18-19,36H,6-7,9,11,14,17,20-35H2,1-5H3/p+1/b10-8-,13-12-,16-15-,19-18-. The largest absolute Gasteiger partial charge is 0.472 e. The van der Waals surface area contributed by atoms with Crippen LogP contribution in [0.15, 0.2) is 48.6 Å². The van der Waals surface area contributed by atoms with E-state index in [1.165, 1.54) is 25.7 Å². The van der Waals surface area contributed by atoms with Crippen molar-refractivity contribution in [2.45, 2.75) is 136 Å². The fraction of sp³-hybridized carbons (Fsp3) is 0.737. The average Bonchev–Trinajstić information content (AvgIpc) is 3.02. The van der Waals surface area contributed by atoms with E-state index in [1.54, 1.807) is 0 Å². The van der Waals surface area contributed by atoms with Crippen molar-refractivity contribution >= 4 is 19.8 Å². The molecule has 0 spiro atoms. The molecule has 0 aromatic rings. The van der Waals surface area contributed by atoms with Gasteiger partial charge < -0.3 is 18.9 Å². The summed E-state index contributed by atoms with van der Waals surface area (Å²) in [5.41, 5.74) is 0. The van der Waals surface area contributed by atoms with E-state index in [0.29, 0.717) is 23.9 Å². The lowest BCUT2D eigenvalue weighted by Crippen LogP contribution is -2.37. The summed E-state index contributed by atoms with van der Waals surface area (Å²) in [6.45, 7) is 4.08. The summed E-state index contributed by atoms with van der Waals surface area (Å²) in [6.07, 6.45) is 33.9. The molecule has 278 valence electrons. The fourth-order valence-corrected chi connectivity index (χ4v) is 5.21. The van der Waals surface area contributed by atoms with Gasteiger partial charge in [-0.25, -0.2) is 4.57 Å². The smallest absolute Gasteiger partial charge is 0.462 e. The van der Waals surface area contributed by atoms with Gasteiger partial charge in [-0.1, -0.05) is 114 Å². The Morgan fingerprint density at radius 3 is 1.77 bits per heavy atom. The third kappa shape index (κ3) is 33.9. The molecule has 2 atom stereocenters. The number of phosphoric ester groups is 1. The number of rotatable bonds is 32. The highest BCUT2D eigenvalue weighted by molar-refractivity contribution is 7.47. The van der Waals surface area contributed by atoms with Crippen molar-refractivity contribution in [3.8, 4) is 0 Å². The molecule has 0 saturated carbocycles. The summed E-state index contributed by atoms with van der Waals surface area (Å²) in [5, 5.41) is 0. The van der Waals surface area contributed by atoms with Gasteiger partial charge in [-0.2, -0.15) is 0 Å². The molecule has 0 rings (SSSR count). The van der Waals surface area contributed by atoms with Crippen molar-refractivity contribution < 1.29 is 42.1 Å². The van der Waals surface area contributed by atoms with Gasteiger partial charge >= 0.3 is 19.8 Å². The SMILES string of the molecule is CC/C=C\C/C=C\C/C=C\C/C=C\CCCCCCCCCCC(=O)OC(COC(=O)CCCCC)COP(=O)(O)OCC[N+](C)(C)C. The number of ether oxygens (including phenoxy) is 2. The summed E-state index contributed by atoms with van der Waals surface area (Å²) in [6, 6.07) is 0. The summed E-state index contributed by atoms with van der Waals surface area (Å²) in [7, 11) is 1.46. The third-order valence-electron chi connectivity index (χ3n) is 7.37. The zero-order valence-corrected chi connectivity index (χ0v) is 31.8.